The van der Waals surface area contributed by atoms with E-state index in [2.05, 4.69) is 5.32 Å². The molecule has 108 valence electrons. The smallest absolute Gasteiger partial charge is 0.185 e. The molecule has 0 spiro atoms. The Kier molecular flexibility index (Phi) is 7.02. The second-order valence-corrected chi connectivity index (χ2v) is 4.42. The third-order valence-electron chi connectivity index (χ3n) is 3.13. The highest BCUT2D eigenvalue weighted by Gasteiger charge is 2.44. The molecule has 0 bridgehead atoms. The average molecular weight is 264 g/mol. The first-order chi connectivity index (χ1) is 8.65. The molecular weight excluding hydrogens is 240 g/mol. The Morgan fingerprint density at radius 2 is 2.00 bits per heavy atom. The number of aliphatic hydroxyl groups excluding tert-OH is 3. The molecule has 7 nitrogen and oxygen atoms in total. The van der Waals surface area contributed by atoms with Crippen molar-refractivity contribution in [3.63, 3.8) is 0 Å². The minimum absolute atomic E-state index is 0.325. The molecule has 1 aliphatic rings. The van der Waals surface area contributed by atoms with Gasteiger partial charge in [-0.25, -0.2) is 0 Å². The van der Waals surface area contributed by atoms with E-state index >= 15 is 0 Å². The maximum atomic E-state index is 9.99. The van der Waals surface area contributed by atoms with E-state index in [0.29, 0.717) is 13.1 Å². The average Bonchev–Trinajstić information content (AvgIpc) is 2.38. The highest BCUT2D eigenvalue weighted by Crippen LogP contribution is 2.21. The van der Waals surface area contributed by atoms with Gasteiger partial charge in [-0.05, 0) is 25.9 Å². The molecule has 1 aliphatic heterocycles. The summed E-state index contributed by atoms with van der Waals surface area (Å²) in [5, 5.41) is 32.2. The van der Waals surface area contributed by atoms with Gasteiger partial charge in [0.25, 0.3) is 0 Å². The SMILES string of the molecule is CO[C@H]1O[C@H](CO)[C@@H](O)[C@@H](NCCCCN)[C@@H]1O. The molecule has 0 unspecified atom stereocenters. The van der Waals surface area contributed by atoms with Gasteiger partial charge in [0, 0.05) is 7.11 Å². The maximum absolute atomic E-state index is 9.99. The number of rotatable bonds is 7. The minimum atomic E-state index is -0.981. The predicted octanol–water partition coefficient (Wildman–Crippen LogP) is -2.23. The van der Waals surface area contributed by atoms with E-state index in [1.807, 2.05) is 0 Å². The lowest BCUT2D eigenvalue weighted by molar-refractivity contribution is -0.271. The molecule has 0 aromatic heterocycles. The molecule has 1 rings (SSSR count). The molecule has 0 aromatic carbocycles. The molecule has 1 heterocycles. The fourth-order valence-corrected chi connectivity index (χ4v) is 2.06. The van der Waals surface area contributed by atoms with E-state index in [9.17, 15) is 10.2 Å². The molecule has 0 radical (unpaired) electrons. The van der Waals surface area contributed by atoms with Crippen LogP contribution in [-0.4, -0.2) is 72.8 Å². The molecule has 1 fully saturated rings. The topological polar surface area (TPSA) is 117 Å². The highest BCUT2D eigenvalue weighted by atomic mass is 16.7. The van der Waals surface area contributed by atoms with Crippen molar-refractivity contribution in [1.82, 2.24) is 5.32 Å². The van der Waals surface area contributed by atoms with Crippen LogP contribution in [0.1, 0.15) is 12.8 Å². The fourth-order valence-electron chi connectivity index (χ4n) is 2.06. The lowest BCUT2D eigenvalue weighted by atomic mass is 9.96. The Morgan fingerprint density at radius 3 is 2.56 bits per heavy atom. The summed E-state index contributed by atoms with van der Waals surface area (Å²) < 4.78 is 10.2. The molecular formula is C11H24N2O5. The van der Waals surface area contributed by atoms with Crippen LogP contribution in [0.4, 0.5) is 0 Å². The van der Waals surface area contributed by atoms with Crippen molar-refractivity contribution in [3.8, 4) is 0 Å². The van der Waals surface area contributed by atoms with Crippen LogP contribution in [0.25, 0.3) is 0 Å². The molecule has 18 heavy (non-hydrogen) atoms. The monoisotopic (exact) mass is 264 g/mol. The first kappa shape index (κ1) is 15.8. The zero-order chi connectivity index (χ0) is 13.5. The number of ether oxygens (including phenoxy) is 2. The normalized spacial score (nSPS) is 36.8. The molecule has 1 saturated heterocycles. The Bertz CT molecular complexity index is 215. The lowest BCUT2D eigenvalue weighted by Gasteiger charge is -2.42. The number of unbranched alkanes of at least 4 members (excludes halogenated alkanes) is 1. The summed E-state index contributed by atoms with van der Waals surface area (Å²) in [7, 11) is 1.41. The third kappa shape index (κ3) is 3.86. The van der Waals surface area contributed by atoms with E-state index in [1.165, 1.54) is 7.11 Å². The van der Waals surface area contributed by atoms with Crippen LogP contribution in [0.5, 0.6) is 0 Å². The van der Waals surface area contributed by atoms with Gasteiger partial charge in [0.15, 0.2) is 6.29 Å². The number of methoxy groups -OCH3 is 1. The van der Waals surface area contributed by atoms with Crippen LogP contribution in [0, 0.1) is 0 Å². The first-order valence-corrected chi connectivity index (χ1v) is 6.24. The fraction of sp³-hybridized carbons (Fsp3) is 1.00. The van der Waals surface area contributed by atoms with Crippen LogP contribution in [0.15, 0.2) is 0 Å². The van der Waals surface area contributed by atoms with Gasteiger partial charge in [0.2, 0.25) is 0 Å². The quantitative estimate of drug-likeness (QED) is 0.330. The van der Waals surface area contributed by atoms with Crippen LogP contribution in [-0.2, 0) is 9.47 Å². The molecule has 6 N–H and O–H groups in total. The second kappa shape index (κ2) is 8.00. The predicted molar refractivity (Wildman–Crippen MR) is 64.8 cm³/mol. The summed E-state index contributed by atoms with van der Waals surface area (Å²) in [4.78, 5) is 0. The largest absolute Gasteiger partial charge is 0.394 e. The van der Waals surface area contributed by atoms with E-state index in [-0.39, 0.29) is 6.61 Å². The standard InChI is InChI=1S/C11H24N2O5/c1-17-11-10(16)8(13-5-3-2-4-12)9(15)7(6-14)18-11/h7-11,13-16H,2-6,12H2,1H3/t7-,8-,9-,10+,11+/m1/s1. The number of aliphatic hydroxyl groups is 3. The molecule has 0 aliphatic carbocycles. The van der Waals surface area contributed by atoms with Gasteiger partial charge >= 0.3 is 0 Å². The highest BCUT2D eigenvalue weighted by molar-refractivity contribution is 4.93. The lowest BCUT2D eigenvalue weighted by Crippen LogP contribution is -2.64. The number of hydrogen-bond acceptors (Lipinski definition) is 7. The van der Waals surface area contributed by atoms with Crippen molar-refractivity contribution in [2.75, 3.05) is 26.8 Å². The van der Waals surface area contributed by atoms with Crippen LogP contribution < -0.4 is 11.1 Å². The zero-order valence-corrected chi connectivity index (χ0v) is 10.7. The van der Waals surface area contributed by atoms with Crippen molar-refractivity contribution in [1.29, 1.82) is 0 Å². The van der Waals surface area contributed by atoms with Crippen molar-refractivity contribution in [3.05, 3.63) is 0 Å². The summed E-state index contributed by atoms with van der Waals surface area (Å²) in [6, 6.07) is -0.585. The molecule has 0 amide bonds. The Hall–Kier alpha value is -0.280. The van der Waals surface area contributed by atoms with Crippen LogP contribution in [0.2, 0.25) is 0 Å². The summed E-state index contributed by atoms with van der Waals surface area (Å²) >= 11 is 0. The van der Waals surface area contributed by atoms with Crippen molar-refractivity contribution in [2.45, 2.75) is 43.5 Å². The van der Waals surface area contributed by atoms with Crippen molar-refractivity contribution >= 4 is 0 Å². The molecule has 0 saturated carbocycles. The minimum Gasteiger partial charge on any atom is -0.394 e. The van der Waals surface area contributed by atoms with Crippen LogP contribution >= 0.6 is 0 Å². The van der Waals surface area contributed by atoms with E-state index < -0.39 is 30.6 Å². The van der Waals surface area contributed by atoms with Gasteiger partial charge in [0.05, 0.1) is 12.6 Å². The van der Waals surface area contributed by atoms with Gasteiger partial charge in [-0.1, -0.05) is 0 Å². The van der Waals surface area contributed by atoms with E-state index in [4.69, 9.17) is 20.3 Å². The summed E-state index contributed by atoms with van der Waals surface area (Å²) in [6.07, 6.45) is -1.84. The molecule has 0 aromatic rings. The van der Waals surface area contributed by atoms with E-state index in [1.54, 1.807) is 0 Å². The van der Waals surface area contributed by atoms with Gasteiger partial charge in [-0.3, -0.25) is 0 Å². The van der Waals surface area contributed by atoms with Gasteiger partial charge in [0.1, 0.15) is 18.3 Å². The van der Waals surface area contributed by atoms with E-state index in [0.717, 1.165) is 12.8 Å². The number of hydrogen-bond donors (Lipinski definition) is 5. The van der Waals surface area contributed by atoms with Crippen LogP contribution in [0.3, 0.4) is 0 Å². The summed E-state index contributed by atoms with van der Waals surface area (Å²) in [6.45, 7) is 0.916. The van der Waals surface area contributed by atoms with Gasteiger partial charge in [-0.15, -0.1) is 0 Å². The molecule has 5 atom stereocenters. The number of nitrogens with one attached hydrogen (secondary N) is 1. The first-order valence-electron chi connectivity index (χ1n) is 6.24. The van der Waals surface area contributed by atoms with Gasteiger partial charge < -0.3 is 35.8 Å². The van der Waals surface area contributed by atoms with Crippen molar-refractivity contribution < 1.29 is 24.8 Å². The number of nitrogens with two attached hydrogens (primary N) is 1. The zero-order valence-electron chi connectivity index (χ0n) is 10.7. The van der Waals surface area contributed by atoms with Gasteiger partial charge in [-0.2, -0.15) is 0 Å². The second-order valence-electron chi connectivity index (χ2n) is 4.42. The summed E-state index contributed by atoms with van der Waals surface area (Å²) in [5.74, 6) is 0. The molecule has 7 heteroatoms. The van der Waals surface area contributed by atoms with Crippen molar-refractivity contribution in [2.24, 2.45) is 5.73 Å². The summed E-state index contributed by atoms with van der Waals surface area (Å²) in [5.41, 5.74) is 5.39. The Balaban J connectivity index is 2.54. The Morgan fingerprint density at radius 1 is 1.28 bits per heavy atom. The third-order valence-corrected chi connectivity index (χ3v) is 3.13. The Labute approximate surface area is 107 Å². The maximum Gasteiger partial charge on any atom is 0.185 e.